The third kappa shape index (κ3) is 1.38. The molecule has 0 saturated carbocycles. The third-order valence-corrected chi connectivity index (χ3v) is 2.73. The number of aromatic hydroxyl groups is 2. The Morgan fingerprint density at radius 2 is 1.69 bits per heavy atom. The van der Waals surface area contributed by atoms with Crippen molar-refractivity contribution in [3.8, 4) is 21.9 Å². The average Bonchev–Trinajstić information content (AvgIpc) is 2.52. The lowest BCUT2D eigenvalue weighted by atomic mass is 10.1. The molecule has 2 rings (SSSR count). The van der Waals surface area contributed by atoms with E-state index in [-0.39, 0.29) is 11.5 Å². The molecule has 2 aromatic rings. The van der Waals surface area contributed by atoms with Gasteiger partial charge >= 0.3 is 0 Å². The summed E-state index contributed by atoms with van der Waals surface area (Å²) < 4.78 is 0. The molecule has 0 unspecified atom stereocenters. The van der Waals surface area contributed by atoms with Gasteiger partial charge in [-0.15, -0.1) is 11.3 Å². The van der Waals surface area contributed by atoms with Crippen LogP contribution in [0.1, 0.15) is 0 Å². The van der Waals surface area contributed by atoms with E-state index in [1.165, 1.54) is 11.3 Å². The van der Waals surface area contributed by atoms with Crippen LogP contribution in [-0.4, -0.2) is 10.2 Å². The standard InChI is InChI=1S/C10H8O2S/c11-8-4-2-1-3-7(8)10-9(12)5-6-13-10/h1-6,11-12H. The molecule has 0 amide bonds. The molecule has 0 radical (unpaired) electrons. The molecule has 1 aromatic carbocycles. The molecule has 0 saturated heterocycles. The number of thiophene rings is 1. The van der Waals surface area contributed by atoms with Gasteiger partial charge in [-0.25, -0.2) is 0 Å². The monoisotopic (exact) mass is 192 g/mol. The normalized spacial score (nSPS) is 10.2. The van der Waals surface area contributed by atoms with Crippen LogP contribution in [-0.2, 0) is 0 Å². The minimum Gasteiger partial charge on any atom is -0.507 e. The van der Waals surface area contributed by atoms with E-state index in [0.29, 0.717) is 10.4 Å². The molecule has 0 atom stereocenters. The zero-order valence-corrected chi connectivity index (χ0v) is 7.58. The maximum Gasteiger partial charge on any atom is 0.134 e. The minimum atomic E-state index is 0.195. The maximum atomic E-state index is 9.50. The average molecular weight is 192 g/mol. The van der Waals surface area contributed by atoms with Gasteiger partial charge in [0.1, 0.15) is 11.5 Å². The predicted octanol–water partition coefficient (Wildman–Crippen LogP) is 2.83. The Balaban J connectivity index is 2.59. The molecule has 0 aliphatic carbocycles. The summed E-state index contributed by atoms with van der Waals surface area (Å²) in [6, 6.07) is 8.58. The highest BCUT2D eigenvalue weighted by Crippen LogP contribution is 2.38. The first-order chi connectivity index (χ1) is 6.29. The quantitative estimate of drug-likeness (QED) is 0.729. The number of phenolic OH excluding ortho intramolecular Hbond substituents is 1. The maximum absolute atomic E-state index is 9.50. The summed E-state index contributed by atoms with van der Waals surface area (Å²) in [5.41, 5.74) is 0.676. The summed E-state index contributed by atoms with van der Waals surface area (Å²) in [4.78, 5) is 0.707. The Morgan fingerprint density at radius 1 is 0.923 bits per heavy atom. The first-order valence-corrected chi connectivity index (χ1v) is 4.72. The number of hydrogen-bond acceptors (Lipinski definition) is 3. The number of para-hydroxylation sites is 1. The van der Waals surface area contributed by atoms with Crippen molar-refractivity contribution in [1.82, 2.24) is 0 Å². The Labute approximate surface area is 79.7 Å². The number of hydrogen-bond donors (Lipinski definition) is 2. The second-order valence-corrected chi connectivity index (χ2v) is 3.57. The Kier molecular flexibility index (Phi) is 1.94. The molecule has 66 valence electrons. The summed E-state index contributed by atoms with van der Waals surface area (Å²) in [6.45, 7) is 0. The number of benzene rings is 1. The van der Waals surface area contributed by atoms with E-state index in [9.17, 15) is 10.2 Å². The van der Waals surface area contributed by atoms with Crippen LogP contribution in [0, 0.1) is 0 Å². The zero-order valence-electron chi connectivity index (χ0n) is 6.77. The van der Waals surface area contributed by atoms with E-state index < -0.39 is 0 Å². The molecule has 1 heterocycles. The number of rotatable bonds is 1. The van der Waals surface area contributed by atoms with Gasteiger partial charge in [-0.3, -0.25) is 0 Å². The van der Waals surface area contributed by atoms with Crippen LogP contribution in [0.3, 0.4) is 0 Å². The van der Waals surface area contributed by atoms with Gasteiger partial charge in [0.05, 0.1) is 4.88 Å². The van der Waals surface area contributed by atoms with Gasteiger partial charge in [-0.05, 0) is 23.6 Å². The number of phenols is 1. The van der Waals surface area contributed by atoms with Crippen LogP contribution in [0.2, 0.25) is 0 Å². The summed E-state index contributed by atoms with van der Waals surface area (Å²) in [5, 5.41) is 20.7. The van der Waals surface area contributed by atoms with Crippen LogP contribution in [0.4, 0.5) is 0 Å². The lowest BCUT2D eigenvalue weighted by molar-refractivity contribution is 0.471. The van der Waals surface area contributed by atoms with Crippen molar-refractivity contribution < 1.29 is 10.2 Å². The van der Waals surface area contributed by atoms with Crippen molar-refractivity contribution in [1.29, 1.82) is 0 Å². The second kappa shape index (κ2) is 3.11. The highest BCUT2D eigenvalue weighted by molar-refractivity contribution is 7.14. The molecule has 2 nitrogen and oxygen atoms in total. The van der Waals surface area contributed by atoms with Crippen LogP contribution in [0.5, 0.6) is 11.5 Å². The van der Waals surface area contributed by atoms with Crippen molar-refractivity contribution in [2.45, 2.75) is 0 Å². The summed E-state index contributed by atoms with van der Waals surface area (Å²) in [6.07, 6.45) is 0. The van der Waals surface area contributed by atoms with Crippen molar-refractivity contribution in [3.63, 3.8) is 0 Å². The van der Waals surface area contributed by atoms with Crippen molar-refractivity contribution in [2.75, 3.05) is 0 Å². The summed E-state index contributed by atoms with van der Waals surface area (Å²) in [5.74, 6) is 0.409. The fraction of sp³-hybridized carbons (Fsp3) is 0. The molecule has 13 heavy (non-hydrogen) atoms. The summed E-state index contributed by atoms with van der Waals surface area (Å²) in [7, 11) is 0. The van der Waals surface area contributed by atoms with Crippen LogP contribution >= 0.6 is 11.3 Å². The molecular weight excluding hydrogens is 184 g/mol. The minimum absolute atomic E-state index is 0.195. The van der Waals surface area contributed by atoms with E-state index in [2.05, 4.69) is 0 Å². The molecule has 0 aliphatic rings. The van der Waals surface area contributed by atoms with Crippen molar-refractivity contribution in [2.24, 2.45) is 0 Å². The van der Waals surface area contributed by atoms with Gasteiger partial charge in [0.2, 0.25) is 0 Å². The molecule has 0 fully saturated rings. The fourth-order valence-corrected chi connectivity index (χ4v) is 1.99. The van der Waals surface area contributed by atoms with Crippen LogP contribution in [0.15, 0.2) is 35.7 Å². The van der Waals surface area contributed by atoms with Gasteiger partial charge in [-0.1, -0.05) is 12.1 Å². The highest BCUT2D eigenvalue weighted by atomic mass is 32.1. The van der Waals surface area contributed by atoms with E-state index >= 15 is 0 Å². The summed E-state index contributed by atoms with van der Waals surface area (Å²) >= 11 is 1.41. The molecular formula is C10H8O2S. The molecule has 1 aromatic heterocycles. The Bertz CT molecular complexity index is 420. The van der Waals surface area contributed by atoms with Gasteiger partial charge in [0, 0.05) is 5.56 Å². The van der Waals surface area contributed by atoms with E-state index in [1.54, 1.807) is 29.6 Å². The largest absolute Gasteiger partial charge is 0.507 e. The highest BCUT2D eigenvalue weighted by Gasteiger charge is 2.08. The van der Waals surface area contributed by atoms with E-state index in [0.717, 1.165) is 0 Å². The first-order valence-electron chi connectivity index (χ1n) is 3.84. The topological polar surface area (TPSA) is 40.5 Å². The molecule has 2 N–H and O–H groups in total. The van der Waals surface area contributed by atoms with Gasteiger partial charge < -0.3 is 10.2 Å². The smallest absolute Gasteiger partial charge is 0.134 e. The van der Waals surface area contributed by atoms with E-state index in [1.807, 2.05) is 6.07 Å². The van der Waals surface area contributed by atoms with E-state index in [4.69, 9.17) is 0 Å². The Hall–Kier alpha value is -1.48. The van der Waals surface area contributed by atoms with Gasteiger partial charge in [0.25, 0.3) is 0 Å². The SMILES string of the molecule is Oc1ccccc1-c1sccc1O. The van der Waals surface area contributed by atoms with Gasteiger partial charge in [0.15, 0.2) is 0 Å². The van der Waals surface area contributed by atoms with Crippen LogP contribution < -0.4 is 0 Å². The predicted molar refractivity (Wildman–Crippen MR) is 53.1 cm³/mol. The zero-order chi connectivity index (χ0) is 9.26. The second-order valence-electron chi connectivity index (χ2n) is 2.65. The molecule has 0 bridgehead atoms. The van der Waals surface area contributed by atoms with Crippen molar-refractivity contribution in [3.05, 3.63) is 35.7 Å². The fourth-order valence-electron chi connectivity index (χ4n) is 1.17. The lowest BCUT2D eigenvalue weighted by Gasteiger charge is -2.01. The van der Waals surface area contributed by atoms with Gasteiger partial charge in [-0.2, -0.15) is 0 Å². The molecule has 0 spiro atoms. The lowest BCUT2D eigenvalue weighted by Crippen LogP contribution is -1.73. The molecule has 0 aliphatic heterocycles. The first kappa shape index (κ1) is 8.13. The third-order valence-electron chi connectivity index (χ3n) is 1.79. The van der Waals surface area contributed by atoms with Crippen molar-refractivity contribution >= 4 is 11.3 Å². The molecule has 3 heteroatoms. The Morgan fingerprint density at radius 3 is 2.31 bits per heavy atom. The van der Waals surface area contributed by atoms with Crippen LogP contribution in [0.25, 0.3) is 10.4 Å².